The molecule has 3 amide bonds. The van der Waals surface area contributed by atoms with E-state index in [0.717, 1.165) is 21.6 Å². The van der Waals surface area contributed by atoms with Gasteiger partial charge in [0.25, 0.3) is 11.8 Å². The quantitative estimate of drug-likeness (QED) is 0.0934. The molecule has 4 aromatic carbocycles. The molecule has 0 aliphatic rings. The molecule has 0 fully saturated rings. The van der Waals surface area contributed by atoms with Gasteiger partial charge in [-0.2, -0.15) is 0 Å². The lowest BCUT2D eigenvalue weighted by Crippen LogP contribution is -2.30. The van der Waals surface area contributed by atoms with Crippen LogP contribution in [0.5, 0.6) is 0 Å². The van der Waals surface area contributed by atoms with Gasteiger partial charge in [0.1, 0.15) is 28.2 Å². The number of rotatable bonds is 11. The average molecular weight is 669 g/mol. The monoisotopic (exact) mass is 668 g/mol. The van der Waals surface area contributed by atoms with Gasteiger partial charge < -0.3 is 24.9 Å². The van der Waals surface area contributed by atoms with Gasteiger partial charge in [0, 0.05) is 33.9 Å². The van der Waals surface area contributed by atoms with Crippen molar-refractivity contribution in [1.82, 2.24) is 10.5 Å². The highest BCUT2D eigenvalue weighted by atomic mass is 32.2. The van der Waals surface area contributed by atoms with Crippen LogP contribution in [0.4, 0.5) is 11.5 Å². The van der Waals surface area contributed by atoms with Crippen LogP contribution in [0, 0.1) is 13.8 Å². The van der Waals surface area contributed by atoms with Crippen LogP contribution < -0.4 is 16.0 Å². The molecule has 0 aliphatic carbocycles. The van der Waals surface area contributed by atoms with Crippen LogP contribution in [-0.4, -0.2) is 22.9 Å². The van der Waals surface area contributed by atoms with E-state index in [0.29, 0.717) is 34.3 Å². The number of anilines is 2. The van der Waals surface area contributed by atoms with Crippen molar-refractivity contribution in [2.24, 2.45) is 0 Å². The molecule has 2 aromatic heterocycles. The number of furan rings is 1. The molecular formula is C39H32N4O5S. The number of aryl methyl sites for hydroxylation is 2. The fourth-order valence-electron chi connectivity index (χ4n) is 4.86. The highest BCUT2D eigenvalue weighted by molar-refractivity contribution is 8.00. The molecular weight excluding hydrogens is 637 g/mol. The van der Waals surface area contributed by atoms with Gasteiger partial charge in [-0.15, -0.1) is 11.8 Å². The third-order valence-electron chi connectivity index (χ3n) is 7.36. The van der Waals surface area contributed by atoms with Crippen molar-refractivity contribution in [1.29, 1.82) is 0 Å². The predicted octanol–water partition coefficient (Wildman–Crippen LogP) is 8.43. The van der Waals surface area contributed by atoms with Crippen molar-refractivity contribution >= 4 is 47.1 Å². The van der Waals surface area contributed by atoms with Gasteiger partial charge in [-0.3, -0.25) is 14.4 Å². The molecule has 1 unspecified atom stereocenters. The lowest BCUT2D eigenvalue weighted by atomic mass is 10.1. The SMILES string of the molecule is Cc1ccc(-c2ccc(/C=C(\NC(=O)c3ccccc3)C(=O)Nc3ccc(SC(C(=O)Nc4cc(C)on4)c4ccccc4)cc3)o2)cc1. The first-order valence-corrected chi connectivity index (χ1v) is 16.3. The fourth-order valence-corrected chi connectivity index (χ4v) is 5.88. The first-order chi connectivity index (χ1) is 23.8. The lowest BCUT2D eigenvalue weighted by Gasteiger charge is -2.16. The van der Waals surface area contributed by atoms with Crippen LogP contribution in [0.15, 0.2) is 147 Å². The predicted molar refractivity (Wildman–Crippen MR) is 191 cm³/mol. The summed E-state index contributed by atoms with van der Waals surface area (Å²) in [5, 5.41) is 11.7. The molecule has 0 radical (unpaired) electrons. The van der Waals surface area contributed by atoms with Crippen LogP contribution in [0.25, 0.3) is 17.4 Å². The van der Waals surface area contributed by atoms with E-state index < -0.39 is 17.1 Å². The summed E-state index contributed by atoms with van der Waals surface area (Å²) in [6.07, 6.45) is 1.50. The number of carbonyl (C=O) groups is 3. The molecule has 49 heavy (non-hydrogen) atoms. The van der Waals surface area contributed by atoms with Gasteiger partial charge in [0.2, 0.25) is 5.91 Å². The fraction of sp³-hybridized carbons (Fsp3) is 0.0769. The number of hydrogen-bond acceptors (Lipinski definition) is 7. The van der Waals surface area contributed by atoms with Crippen LogP contribution in [-0.2, 0) is 9.59 Å². The first-order valence-electron chi connectivity index (χ1n) is 15.4. The van der Waals surface area contributed by atoms with Crippen LogP contribution in [0.2, 0.25) is 0 Å². The first kappa shape index (κ1) is 32.8. The van der Waals surface area contributed by atoms with Gasteiger partial charge in [0.05, 0.1) is 0 Å². The highest BCUT2D eigenvalue weighted by Gasteiger charge is 2.23. The molecule has 6 aromatic rings. The number of benzene rings is 4. The zero-order valence-corrected chi connectivity index (χ0v) is 27.5. The second-order valence-electron chi connectivity index (χ2n) is 11.1. The molecule has 6 rings (SSSR count). The van der Waals surface area contributed by atoms with Crippen LogP contribution in [0.1, 0.15) is 38.3 Å². The Labute approximate surface area is 287 Å². The third-order valence-corrected chi connectivity index (χ3v) is 8.63. The molecule has 9 nitrogen and oxygen atoms in total. The Hall–Kier alpha value is -6.13. The summed E-state index contributed by atoms with van der Waals surface area (Å²) in [6, 6.07) is 38.3. The number of amides is 3. The van der Waals surface area contributed by atoms with Gasteiger partial charge in [-0.1, -0.05) is 83.5 Å². The topological polar surface area (TPSA) is 126 Å². The Morgan fingerprint density at radius 2 is 1.47 bits per heavy atom. The Kier molecular flexibility index (Phi) is 10.2. The summed E-state index contributed by atoms with van der Waals surface area (Å²) in [7, 11) is 0. The molecule has 0 saturated heterocycles. The molecule has 1 atom stereocenters. The van der Waals surface area contributed by atoms with E-state index >= 15 is 0 Å². The van der Waals surface area contributed by atoms with E-state index in [1.165, 1.54) is 17.8 Å². The summed E-state index contributed by atoms with van der Waals surface area (Å²) < 4.78 is 11.1. The molecule has 10 heteroatoms. The minimum atomic E-state index is -0.584. The van der Waals surface area contributed by atoms with Gasteiger partial charge >= 0.3 is 0 Å². The minimum Gasteiger partial charge on any atom is -0.457 e. The third kappa shape index (κ3) is 8.62. The van der Waals surface area contributed by atoms with E-state index in [9.17, 15) is 14.4 Å². The Morgan fingerprint density at radius 1 is 0.776 bits per heavy atom. The largest absolute Gasteiger partial charge is 0.457 e. The molecule has 244 valence electrons. The summed E-state index contributed by atoms with van der Waals surface area (Å²) in [5.41, 5.74) is 3.73. The van der Waals surface area contributed by atoms with Gasteiger partial charge in [-0.05, 0) is 67.9 Å². The van der Waals surface area contributed by atoms with Gasteiger partial charge in [0.15, 0.2) is 5.82 Å². The van der Waals surface area contributed by atoms with E-state index in [1.807, 2.05) is 85.8 Å². The maximum Gasteiger partial charge on any atom is 0.272 e. The number of carbonyl (C=O) groups excluding carboxylic acids is 3. The van der Waals surface area contributed by atoms with Crippen molar-refractivity contribution in [3.63, 3.8) is 0 Å². The highest BCUT2D eigenvalue weighted by Crippen LogP contribution is 2.37. The van der Waals surface area contributed by atoms with Crippen molar-refractivity contribution in [3.05, 3.63) is 161 Å². The molecule has 0 aliphatic heterocycles. The van der Waals surface area contributed by atoms with Crippen LogP contribution >= 0.6 is 11.8 Å². The maximum absolute atomic E-state index is 13.6. The average Bonchev–Trinajstić information content (AvgIpc) is 3.77. The molecule has 3 N–H and O–H groups in total. The number of thioether (sulfide) groups is 1. The Bertz CT molecular complexity index is 2090. The molecule has 0 spiro atoms. The van der Waals surface area contributed by atoms with E-state index in [-0.39, 0.29) is 11.6 Å². The summed E-state index contributed by atoms with van der Waals surface area (Å²) in [5.74, 6) is 0.720. The van der Waals surface area contributed by atoms with E-state index in [2.05, 4.69) is 21.1 Å². The summed E-state index contributed by atoms with van der Waals surface area (Å²) in [6.45, 7) is 3.76. The smallest absolute Gasteiger partial charge is 0.272 e. The van der Waals surface area contributed by atoms with E-state index in [4.69, 9.17) is 8.94 Å². The molecule has 0 saturated carbocycles. The van der Waals surface area contributed by atoms with E-state index in [1.54, 1.807) is 55.5 Å². The summed E-state index contributed by atoms with van der Waals surface area (Å²) in [4.78, 5) is 40.8. The number of nitrogens with zero attached hydrogens (tertiary/aromatic N) is 1. The molecule has 0 bridgehead atoms. The zero-order valence-electron chi connectivity index (χ0n) is 26.7. The standard InChI is InChI=1S/C39H32N4O5S/c1-25-13-15-27(16-14-25)34-22-19-31(47-34)24-33(41-37(44)29-11-7-4-8-12-29)38(45)40-30-17-20-32(21-18-30)49-36(28-9-5-3-6-10-28)39(46)42-35-23-26(2)48-43-35/h3-24,36H,1-2H3,(H,40,45)(H,41,44)(H,42,43,46)/b33-24-. The minimum absolute atomic E-state index is 0.000941. The van der Waals surface area contributed by atoms with Crippen LogP contribution in [0.3, 0.4) is 0 Å². The summed E-state index contributed by atoms with van der Waals surface area (Å²) >= 11 is 1.35. The number of hydrogen-bond donors (Lipinski definition) is 3. The second-order valence-corrected chi connectivity index (χ2v) is 12.3. The normalized spacial score (nSPS) is 11.8. The lowest BCUT2D eigenvalue weighted by molar-refractivity contribution is -0.116. The van der Waals surface area contributed by atoms with Crippen molar-refractivity contribution in [2.45, 2.75) is 24.0 Å². The van der Waals surface area contributed by atoms with Crippen molar-refractivity contribution in [2.75, 3.05) is 10.6 Å². The number of nitrogens with one attached hydrogen (secondary N) is 3. The Balaban J connectivity index is 1.20. The van der Waals surface area contributed by atoms with Crippen molar-refractivity contribution in [3.8, 4) is 11.3 Å². The second kappa shape index (κ2) is 15.2. The Morgan fingerprint density at radius 3 is 2.14 bits per heavy atom. The zero-order chi connectivity index (χ0) is 34.2. The molecule has 2 heterocycles. The maximum atomic E-state index is 13.6. The van der Waals surface area contributed by atoms with Gasteiger partial charge in [-0.25, -0.2) is 0 Å². The van der Waals surface area contributed by atoms with Crippen molar-refractivity contribution < 1.29 is 23.3 Å². The number of aromatic nitrogens is 1.